The van der Waals surface area contributed by atoms with Crippen molar-refractivity contribution in [2.24, 2.45) is 53.1 Å². The molecule has 4 saturated carbocycles. The van der Waals surface area contributed by atoms with Crippen molar-refractivity contribution in [2.45, 2.75) is 303 Å². The number of alkyl carbamates (subject to hydrolysis) is 3. The van der Waals surface area contributed by atoms with Gasteiger partial charge in [0.1, 0.15) is 22.6 Å². The van der Waals surface area contributed by atoms with Gasteiger partial charge >= 0.3 is 42.2 Å². The quantitative estimate of drug-likeness (QED) is 0.0368. The van der Waals surface area contributed by atoms with Crippen molar-refractivity contribution in [3.8, 4) is 0 Å². The van der Waals surface area contributed by atoms with E-state index < -0.39 is 52.9 Å². The number of aliphatic carboxylic acids is 2. The van der Waals surface area contributed by atoms with Crippen LogP contribution in [0.1, 0.15) is 262 Å². The maximum Gasteiger partial charge on any atom is 0.407 e. The highest BCUT2D eigenvalue weighted by Crippen LogP contribution is 2.34. The van der Waals surface area contributed by atoms with Crippen LogP contribution in [-0.2, 0) is 68.5 Å². The number of rotatable bonds is 19. The molecular weight excluding hydrogens is 1610 g/mol. The van der Waals surface area contributed by atoms with Crippen LogP contribution in [0.4, 0.5) is 20.1 Å². The number of ether oxygens (including phenoxy) is 5. The maximum atomic E-state index is 13.1. The Hall–Kier alpha value is -6.91. The highest BCUT2D eigenvalue weighted by molar-refractivity contribution is 6.35. The number of hydrogen-bond acceptors (Lipinski definition) is 19. The third kappa shape index (κ3) is 40.8. The van der Waals surface area contributed by atoms with Crippen molar-refractivity contribution in [1.82, 2.24) is 36.0 Å². The molecule has 4 heterocycles. The van der Waals surface area contributed by atoms with Gasteiger partial charge in [0.05, 0.1) is 36.9 Å². The van der Waals surface area contributed by atoms with Crippen molar-refractivity contribution in [3.05, 3.63) is 62.1 Å². The van der Waals surface area contributed by atoms with E-state index in [1.54, 1.807) is 57.2 Å². The molecule has 119 heavy (non-hydrogen) atoms. The molecule has 31 heteroatoms. The first-order valence-corrected chi connectivity index (χ1v) is 44.8. The molecule has 27 nitrogen and oxygen atoms in total. The highest BCUT2D eigenvalue weighted by atomic mass is 35.5. The third-order valence-electron chi connectivity index (χ3n) is 22.4. The minimum Gasteiger partial charge on any atom is -0.481 e. The van der Waals surface area contributed by atoms with E-state index in [9.17, 15) is 52.7 Å². The summed E-state index contributed by atoms with van der Waals surface area (Å²) >= 11 is 23.2. The molecule has 0 radical (unpaired) electrons. The number of Topliss-reactive ketones (excluding diaryl/α,β-unsaturated/α-hetero) is 1. The zero-order valence-corrected chi connectivity index (χ0v) is 75.4. The lowest BCUT2D eigenvalue weighted by Crippen LogP contribution is -2.51. The first kappa shape index (κ1) is 103. The molecule has 2 aromatic rings. The first-order valence-electron chi connectivity index (χ1n) is 43.3. The van der Waals surface area contributed by atoms with Gasteiger partial charge < -0.3 is 81.3 Å². The normalized spacial score (nSPS) is 22.7. The van der Waals surface area contributed by atoms with Crippen LogP contribution < -0.4 is 32.7 Å². The monoisotopic (exact) mass is 1750 g/mol. The van der Waals surface area contributed by atoms with Gasteiger partial charge in [0, 0.05) is 121 Å². The second-order valence-electron chi connectivity index (χ2n) is 35.8. The number of likely N-dealkylation sites (tertiary alicyclic amines) is 3. The van der Waals surface area contributed by atoms with Crippen LogP contribution in [0.5, 0.6) is 0 Å². The number of nitrogens with one attached hydrogen (secondary N) is 4. The molecule has 4 saturated heterocycles. The Morgan fingerprint density at radius 2 is 0.731 bits per heavy atom. The lowest BCUT2D eigenvalue weighted by Gasteiger charge is -2.38. The standard InChI is InChI=1S/C21H28Cl2N2O2.C21H36N2O5.C19H32N2O5.C12H21NO4.C9H17NO2.C6H5Cl2N/c22-16-9-15(10-17(23)13-16)12-18(26)11-14-5-7-25(8-6-14)21(27)19-3-1-2-4-20(19)24;1-5-27-18(24)14-15-10-12-23(13-11-15)19(25)16-8-6-7-9-17(16)22-20(26)28-21(2,3)4;1-19(2,3)26-18(25)20-15-7-5-4-6-14(15)17(24)21-10-8-13(9-11-21)12-16(22)23;1-12(2,3)17-11(16)13-9-7-5-4-6-8(9)10(14)15;1-2-12-9(11)7-8-3-5-10-6-4-8;7-4-1-5(8)3-6(9)2-4/h9-10,13-14,19-20H,1-8,11-12,24H2;15-17H,5-14H2,1-4H3,(H,22,26);13-15H,4-12H2,1-3H3,(H,20,25)(H,22,23);8-9H,4-7H2,1-3H3,(H,13,16)(H,14,15);8,10H,2-7H2,1H3;1-3H,9H2/t19-,20-;16-,17-;14-,15-;8-,9-;;/m0000../s1. The molecule has 0 unspecified atom stereocenters. The van der Waals surface area contributed by atoms with Gasteiger partial charge in [-0.05, 0) is 258 Å². The lowest BCUT2D eigenvalue weighted by atomic mass is 9.82. The summed E-state index contributed by atoms with van der Waals surface area (Å²) in [5, 5.41) is 32.0. The number of carbonyl (C=O) groups excluding carboxylic acids is 9. The number of nitrogens with zero attached hydrogens (tertiary/aromatic N) is 3. The number of piperidine rings is 4. The predicted octanol–water partition coefficient (Wildman–Crippen LogP) is 16.0. The van der Waals surface area contributed by atoms with Crippen molar-refractivity contribution in [2.75, 3.05) is 71.3 Å². The van der Waals surface area contributed by atoms with Crippen LogP contribution in [0.25, 0.3) is 0 Å². The Balaban J connectivity index is 0.000000263. The van der Waals surface area contributed by atoms with Gasteiger partial charge in [0.15, 0.2) is 0 Å². The zero-order chi connectivity index (χ0) is 88.2. The Morgan fingerprint density at radius 3 is 1.08 bits per heavy atom. The number of carboxylic acid groups (broad SMARTS) is 2. The Morgan fingerprint density at radius 1 is 0.420 bits per heavy atom. The molecule has 672 valence electrons. The number of benzene rings is 2. The molecule has 8 fully saturated rings. The number of ketones is 1. The molecule has 0 bridgehead atoms. The van der Waals surface area contributed by atoms with Gasteiger partial charge in [-0.1, -0.05) is 97.8 Å². The van der Waals surface area contributed by atoms with E-state index in [1.165, 1.54) is 0 Å². The van der Waals surface area contributed by atoms with E-state index in [1.807, 2.05) is 70.1 Å². The van der Waals surface area contributed by atoms with Crippen LogP contribution in [0, 0.1) is 47.3 Å². The second kappa shape index (κ2) is 51.9. The predicted molar refractivity (Wildman–Crippen MR) is 462 cm³/mol. The molecule has 6 amide bonds. The van der Waals surface area contributed by atoms with Crippen LogP contribution >= 0.6 is 46.4 Å². The molecule has 0 spiro atoms. The van der Waals surface area contributed by atoms with E-state index in [4.69, 9.17) is 91.8 Å². The average molecular weight is 1750 g/mol. The zero-order valence-electron chi connectivity index (χ0n) is 72.4. The summed E-state index contributed by atoms with van der Waals surface area (Å²) in [5.41, 5.74) is 11.3. The molecule has 8 aliphatic rings. The van der Waals surface area contributed by atoms with Crippen molar-refractivity contribution >= 4 is 118 Å². The van der Waals surface area contributed by atoms with Crippen LogP contribution in [0.2, 0.25) is 20.1 Å². The SMILES string of the molecule is CC(C)(C)OC(=O)N[C@H]1CCCC[C@@H]1C(=O)N1CCC(CC(=O)O)CC1.CC(C)(C)OC(=O)N[C@H]1CCCC[C@@H]1C(=O)O.CCOC(=O)CC1CCN(C(=O)[C@H]2CCCC[C@@H]2NC(=O)OC(C)(C)C)CC1.CCOC(=O)CC1CCNCC1.N[C@H]1CCCC[C@@H]1C(=O)N1CCC(CC(=O)Cc2cc(Cl)cc(Cl)c2)CC1.Nc1cc(Cl)cc(Cl)c1. The number of nitrogens with two attached hydrogens (primary N) is 2. The van der Waals surface area contributed by atoms with Crippen molar-refractivity contribution < 1.29 is 86.6 Å². The minimum absolute atomic E-state index is 0.00933. The molecular formula is C88H139Cl4N9O18. The molecule has 10 rings (SSSR count). The van der Waals surface area contributed by atoms with Gasteiger partial charge in [-0.3, -0.25) is 38.4 Å². The number of carboxylic acids is 2. The molecule has 10 N–H and O–H groups in total. The molecule has 2 aromatic carbocycles. The number of anilines is 1. The van der Waals surface area contributed by atoms with Gasteiger partial charge in [-0.15, -0.1) is 0 Å². The van der Waals surface area contributed by atoms with Gasteiger partial charge in [0.2, 0.25) is 17.7 Å². The van der Waals surface area contributed by atoms with Crippen molar-refractivity contribution in [1.29, 1.82) is 0 Å². The smallest absolute Gasteiger partial charge is 0.407 e. The average Bonchev–Trinajstić information content (AvgIpc) is 0.834. The fourth-order valence-electron chi connectivity index (χ4n) is 16.6. The number of esters is 2. The van der Waals surface area contributed by atoms with Crippen LogP contribution in [-0.4, -0.2) is 197 Å². The van der Waals surface area contributed by atoms with E-state index in [0.717, 1.165) is 173 Å². The van der Waals surface area contributed by atoms with Crippen molar-refractivity contribution in [3.63, 3.8) is 0 Å². The fraction of sp³-hybridized carbons (Fsp3) is 0.739. The Bertz CT molecular complexity index is 3480. The summed E-state index contributed by atoms with van der Waals surface area (Å²) in [5.74, 6) is -0.760. The van der Waals surface area contributed by atoms with E-state index in [0.29, 0.717) is 116 Å². The molecule has 4 aliphatic carbocycles. The summed E-state index contributed by atoms with van der Waals surface area (Å²) in [6.07, 6.45) is 22.2. The molecule has 0 aromatic heterocycles. The van der Waals surface area contributed by atoms with Gasteiger partial charge in [-0.25, -0.2) is 14.4 Å². The minimum atomic E-state index is -0.842. The highest BCUT2D eigenvalue weighted by Gasteiger charge is 2.41. The van der Waals surface area contributed by atoms with Crippen LogP contribution in [0.15, 0.2) is 36.4 Å². The summed E-state index contributed by atoms with van der Waals surface area (Å²) in [7, 11) is 0. The first-order chi connectivity index (χ1) is 56.1. The summed E-state index contributed by atoms with van der Waals surface area (Å²) in [6, 6.07) is 9.52. The Kier molecular flexibility index (Phi) is 44.8. The topological polar surface area (TPSA) is 384 Å². The van der Waals surface area contributed by atoms with Crippen LogP contribution in [0.3, 0.4) is 0 Å². The number of halogens is 4. The number of nitrogen functional groups attached to an aromatic ring is 1. The molecule has 4 aliphatic heterocycles. The number of amides is 6. The number of carbonyl (C=O) groups is 11. The second-order valence-corrected chi connectivity index (χ2v) is 37.6. The number of hydrogen-bond donors (Lipinski definition) is 8. The fourth-order valence-corrected chi connectivity index (χ4v) is 17.7. The van der Waals surface area contributed by atoms with E-state index in [2.05, 4.69) is 21.3 Å². The summed E-state index contributed by atoms with van der Waals surface area (Å²) in [4.78, 5) is 137. The lowest BCUT2D eigenvalue weighted by molar-refractivity contribution is -0.146. The van der Waals surface area contributed by atoms with Gasteiger partial charge in [0.25, 0.3) is 0 Å². The summed E-state index contributed by atoms with van der Waals surface area (Å²) in [6.45, 7) is 27.0. The van der Waals surface area contributed by atoms with Gasteiger partial charge in [-0.2, -0.15) is 0 Å². The maximum absolute atomic E-state index is 13.1. The van der Waals surface area contributed by atoms with E-state index >= 15 is 0 Å². The summed E-state index contributed by atoms with van der Waals surface area (Å²) < 4.78 is 25.7. The van der Waals surface area contributed by atoms with E-state index in [-0.39, 0.29) is 95.6 Å². The third-order valence-corrected chi connectivity index (χ3v) is 23.3. The largest absolute Gasteiger partial charge is 0.481 e. The molecule has 8 atom stereocenters. The Labute approximate surface area is 726 Å².